The summed E-state index contributed by atoms with van der Waals surface area (Å²) >= 11 is 0. The molecule has 0 aliphatic heterocycles. The molecule has 0 atom stereocenters. The summed E-state index contributed by atoms with van der Waals surface area (Å²) in [5.74, 6) is -0.440. The molecule has 0 spiro atoms. The van der Waals surface area contributed by atoms with E-state index in [-0.39, 0.29) is 5.56 Å². The number of rotatable bonds is 5. The van der Waals surface area contributed by atoms with Gasteiger partial charge in [0, 0.05) is 24.4 Å². The predicted octanol–water partition coefficient (Wildman–Crippen LogP) is 2.74. The molecule has 1 aromatic carbocycles. The molecule has 0 amide bonds. The normalized spacial score (nSPS) is 10.4. The van der Waals surface area contributed by atoms with Crippen LogP contribution in [0, 0.1) is 0 Å². The Bertz CT molecular complexity index is 930. The average Bonchev–Trinajstić information content (AvgIpc) is 2.65. The number of benzene rings is 1. The van der Waals surface area contributed by atoms with Crippen molar-refractivity contribution in [2.45, 2.75) is 12.8 Å². The van der Waals surface area contributed by atoms with Crippen molar-refractivity contribution < 1.29 is 9.53 Å². The molecule has 0 unspecified atom stereocenters. The lowest BCUT2D eigenvalue weighted by Crippen LogP contribution is -2.11. The molecule has 2 heterocycles. The van der Waals surface area contributed by atoms with E-state index in [1.807, 2.05) is 42.5 Å². The average molecular weight is 334 g/mol. The lowest BCUT2D eigenvalue weighted by atomic mass is 10.0. The number of aromatic nitrogens is 2. The molecule has 5 heteroatoms. The minimum absolute atomic E-state index is 0.0568. The summed E-state index contributed by atoms with van der Waals surface area (Å²) in [4.78, 5) is 30.0. The van der Waals surface area contributed by atoms with Crippen LogP contribution in [0.2, 0.25) is 0 Å². The maximum atomic E-state index is 11.7. The maximum Gasteiger partial charge on any atom is 0.356 e. The van der Waals surface area contributed by atoms with Gasteiger partial charge >= 0.3 is 5.97 Å². The number of hydrogen-bond donors (Lipinski definition) is 1. The molecule has 0 aliphatic rings. The minimum atomic E-state index is -0.440. The van der Waals surface area contributed by atoms with Crippen molar-refractivity contribution in [3.8, 4) is 0 Å². The molecule has 25 heavy (non-hydrogen) atoms. The van der Waals surface area contributed by atoms with Crippen LogP contribution >= 0.6 is 0 Å². The molecule has 0 radical (unpaired) electrons. The Kier molecular flexibility index (Phi) is 5.04. The second-order valence-corrected chi connectivity index (χ2v) is 5.74. The first kappa shape index (κ1) is 16.6. The molecular formula is C20H18N2O3. The molecule has 1 N–H and O–H groups in total. The molecule has 0 aliphatic carbocycles. The van der Waals surface area contributed by atoms with E-state index in [2.05, 4.69) is 9.97 Å². The van der Waals surface area contributed by atoms with Crippen LogP contribution in [-0.4, -0.2) is 23.0 Å². The van der Waals surface area contributed by atoms with Crippen LogP contribution in [0.4, 0.5) is 0 Å². The first-order valence-corrected chi connectivity index (χ1v) is 7.93. The van der Waals surface area contributed by atoms with Crippen molar-refractivity contribution in [2.75, 3.05) is 7.11 Å². The number of carbonyl (C=O) groups excluding carboxylic acids is 1. The molecular weight excluding hydrogens is 316 g/mol. The van der Waals surface area contributed by atoms with Crippen molar-refractivity contribution in [1.29, 1.82) is 0 Å². The van der Waals surface area contributed by atoms with Crippen molar-refractivity contribution in [3.63, 3.8) is 0 Å². The molecule has 0 bridgehead atoms. The van der Waals surface area contributed by atoms with Gasteiger partial charge in [-0.05, 0) is 41.3 Å². The van der Waals surface area contributed by atoms with E-state index >= 15 is 0 Å². The van der Waals surface area contributed by atoms with Gasteiger partial charge in [-0.2, -0.15) is 0 Å². The van der Waals surface area contributed by atoms with E-state index in [1.165, 1.54) is 7.11 Å². The van der Waals surface area contributed by atoms with Gasteiger partial charge in [0.25, 0.3) is 5.56 Å². The topological polar surface area (TPSA) is 72.1 Å². The van der Waals surface area contributed by atoms with Crippen LogP contribution in [0.5, 0.6) is 0 Å². The number of carbonyl (C=O) groups is 1. The van der Waals surface area contributed by atoms with Gasteiger partial charge in [-0.3, -0.25) is 4.79 Å². The van der Waals surface area contributed by atoms with Crippen molar-refractivity contribution in [1.82, 2.24) is 9.97 Å². The molecule has 0 saturated carbocycles. The highest BCUT2D eigenvalue weighted by Crippen LogP contribution is 2.13. The van der Waals surface area contributed by atoms with Gasteiger partial charge in [-0.15, -0.1) is 0 Å². The number of pyridine rings is 2. The predicted molar refractivity (Wildman–Crippen MR) is 94.7 cm³/mol. The summed E-state index contributed by atoms with van der Waals surface area (Å²) in [5, 5.41) is 0. The Morgan fingerprint density at radius 1 is 1.04 bits per heavy atom. The van der Waals surface area contributed by atoms with E-state index in [0.717, 1.165) is 22.3 Å². The standard InChI is InChI=1S/C20H18N2O3/c1-25-20(24)18-13-16(8-10-21-18)11-14-4-6-15(7-5-14)12-17-3-2-9-22-19(17)23/h2-10,13H,11-12H2,1H3,(H,22,23). The smallest absolute Gasteiger partial charge is 0.356 e. The van der Waals surface area contributed by atoms with Gasteiger partial charge in [0.15, 0.2) is 0 Å². The largest absolute Gasteiger partial charge is 0.464 e. The quantitative estimate of drug-likeness (QED) is 0.728. The fourth-order valence-electron chi connectivity index (χ4n) is 2.63. The van der Waals surface area contributed by atoms with Crippen molar-refractivity contribution in [3.05, 3.63) is 99.2 Å². The van der Waals surface area contributed by atoms with Gasteiger partial charge in [0.05, 0.1) is 7.11 Å². The number of esters is 1. The summed E-state index contributed by atoms with van der Waals surface area (Å²) in [5.41, 5.74) is 4.17. The Morgan fingerprint density at radius 3 is 2.44 bits per heavy atom. The summed E-state index contributed by atoms with van der Waals surface area (Å²) in [6.07, 6.45) is 4.53. The van der Waals surface area contributed by atoms with E-state index in [4.69, 9.17) is 4.74 Å². The lowest BCUT2D eigenvalue weighted by Gasteiger charge is -2.06. The Morgan fingerprint density at radius 2 is 1.76 bits per heavy atom. The third kappa shape index (κ3) is 4.20. The highest BCUT2D eigenvalue weighted by molar-refractivity contribution is 5.87. The number of methoxy groups -OCH3 is 1. The Balaban J connectivity index is 1.72. The highest BCUT2D eigenvalue weighted by Gasteiger charge is 2.08. The van der Waals surface area contributed by atoms with Gasteiger partial charge in [-0.1, -0.05) is 30.3 Å². The number of nitrogens with one attached hydrogen (secondary N) is 1. The number of H-pyrrole nitrogens is 1. The number of aromatic amines is 1. The third-order valence-electron chi connectivity index (χ3n) is 3.94. The number of hydrogen-bond acceptors (Lipinski definition) is 4. The van der Waals surface area contributed by atoms with Crippen LogP contribution in [0.3, 0.4) is 0 Å². The van der Waals surface area contributed by atoms with Crippen LogP contribution in [0.25, 0.3) is 0 Å². The first-order valence-electron chi connectivity index (χ1n) is 7.93. The second kappa shape index (κ2) is 7.57. The summed E-state index contributed by atoms with van der Waals surface area (Å²) in [6, 6.07) is 15.4. The Hall–Kier alpha value is -3.21. The SMILES string of the molecule is COC(=O)c1cc(Cc2ccc(Cc3ccc[nH]c3=O)cc2)ccn1. The monoisotopic (exact) mass is 334 g/mol. The summed E-state index contributed by atoms with van der Waals surface area (Å²) in [6.45, 7) is 0. The van der Waals surface area contributed by atoms with Gasteiger partial charge in [-0.25, -0.2) is 9.78 Å². The zero-order valence-electron chi connectivity index (χ0n) is 13.9. The zero-order valence-corrected chi connectivity index (χ0v) is 13.9. The highest BCUT2D eigenvalue weighted by atomic mass is 16.5. The minimum Gasteiger partial charge on any atom is -0.464 e. The number of nitrogens with zero attached hydrogens (tertiary/aromatic N) is 1. The number of ether oxygens (including phenoxy) is 1. The first-order chi connectivity index (χ1) is 12.2. The van der Waals surface area contributed by atoms with Gasteiger partial charge < -0.3 is 9.72 Å². The zero-order chi connectivity index (χ0) is 17.6. The molecule has 0 fully saturated rings. The van der Waals surface area contributed by atoms with Crippen LogP contribution < -0.4 is 5.56 Å². The molecule has 3 rings (SSSR count). The fourth-order valence-corrected chi connectivity index (χ4v) is 2.63. The lowest BCUT2D eigenvalue weighted by molar-refractivity contribution is 0.0594. The third-order valence-corrected chi connectivity index (χ3v) is 3.94. The van der Waals surface area contributed by atoms with E-state index in [1.54, 1.807) is 18.5 Å². The molecule has 126 valence electrons. The second-order valence-electron chi connectivity index (χ2n) is 5.74. The summed E-state index contributed by atoms with van der Waals surface area (Å²) < 4.78 is 4.69. The van der Waals surface area contributed by atoms with Crippen molar-refractivity contribution >= 4 is 5.97 Å². The van der Waals surface area contributed by atoms with Crippen molar-refractivity contribution in [2.24, 2.45) is 0 Å². The maximum absolute atomic E-state index is 11.7. The van der Waals surface area contributed by atoms with Crippen LogP contribution in [-0.2, 0) is 17.6 Å². The molecule has 0 saturated heterocycles. The van der Waals surface area contributed by atoms with Gasteiger partial charge in [0.1, 0.15) is 5.69 Å². The van der Waals surface area contributed by atoms with Gasteiger partial charge in [0.2, 0.25) is 0 Å². The van der Waals surface area contributed by atoms with Crippen LogP contribution in [0.15, 0.2) is 65.7 Å². The molecule has 2 aromatic heterocycles. The summed E-state index contributed by atoms with van der Waals surface area (Å²) in [7, 11) is 1.34. The molecule has 3 aromatic rings. The van der Waals surface area contributed by atoms with E-state index in [9.17, 15) is 9.59 Å². The van der Waals surface area contributed by atoms with Crippen LogP contribution in [0.1, 0.15) is 32.7 Å². The van der Waals surface area contributed by atoms with E-state index in [0.29, 0.717) is 18.5 Å². The Labute approximate surface area is 145 Å². The fraction of sp³-hybridized carbons (Fsp3) is 0.150. The van der Waals surface area contributed by atoms with E-state index < -0.39 is 5.97 Å². The molecule has 5 nitrogen and oxygen atoms in total.